The summed E-state index contributed by atoms with van der Waals surface area (Å²) in [7, 11) is 0. The van der Waals surface area contributed by atoms with Crippen molar-refractivity contribution in [1.29, 1.82) is 0 Å². The average Bonchev–Trinajstić information content (AvgIpc) is 3.77. The van der Waals surface area contributed by atoms with Crippen molar-refractivity contribution < 1.29 is 24.3 Å². The van der Waals surface area contributed by atoms with Gasteiger partial charge in [-0.2, -0.15) is 0 Å². The Morgan fingerprint density at radius 1 is 0.773 bits per heavy atom. The molecule has 0 bridgehead atoms. The van der Waals surface area contributed by atoms with E-state index in [0.717, 1.165) is 32.9 Å². The van der Waals surface area contributed by atoms with Crippen LogP contribution in [0.2, 0.25) is 0 Å². The van der Waals surface area contributed by atoms with Crippen LogP contribution in [0.3, 0.4) is 0 Å². The van der Waals surface area contributed by atoms with E-state index in [1.165, 1.54) is 13.3 Å². The van der Waals surface area contributed by atoms with Crippen LogP contribution in [0.1, 0.15) is 23.7 Å². The van der Waals surface area contributed by atoms with Crippen LogP contribution in [0.25, 0.3) is 21.8 Å². The number of para-hydroxylation sites is 2. The van der Waals surface area contributed by atoms with E-state index in [0.29, 0.717) is 5.69 Å². The van der Waals surface area contributed by atoms with Gasteiger partial charge in [-0.25, -0.2) is 9.78 Å². The maximum Gasteiger partial charge on any atom is 0.326 e. The largest absolute Gasteiger partial charge is 0.480 e. The second kappa shape index (κ2) is 13.3. The molecule has 5 rings (SSSR count). The minimum atomic E-state index is -1.23. The van der Waals surface area contributed by atoms with E-state index in [1.54, 1.807) is 18.6 Å². The van der Waals surface area contributed by atoms with Crippen LogP contribution in [0.15, 0.2) is 73.4 Å². The lowest BCUT2D eigenvalue weighted by atomic mass is 10.0. The minimum Gasteiger partial charge on any atom is -0.480 e. The molecule has 9 N–H and O–H groups in total. The van der Waals surface area contributed by atoms with Gasteiger partial charge in [0.15, 0.2) is 0 Å². The van der Waals surface area contributed by atoms with Crippen molar-refractivity contribution >= 4 is 45.5 Å². The summed E-state index contributed by atoms with van der Waals surface area (Å²) < 4.78 is 0. The third-order valence-corrected chi connectivity index (χ3v) is 7.53. The fourth-order valence-electron chi connectivity index (χ4n) is 5.13. The zero-order valence-electron chi connectivity index (χ0n) is 24.0. The lowest BCUT2D eigenvalue weighted by Gasteiger charge is -2.23. The Bertz CT molecular complexity index is 1780. The first-order valence-electron chi connectivity index (χ1n) is 14.2. The van der Waals surface area contributed by atoms with Crippen molar-refractivity contribution in [2.24, 2.45) is 5.73 Å². The van der Waals surface area contributed by atoms with Gasteiger partial charge in [-0.1, -0.05) is 36.4 Å². The second-order valence-corrected chi connectivity index (χ2v) is 10.7. The van der Waals surface area contributed by atoms with Crippen LogP contribution in [0.5, 0.6) is 0 Å². The molecule has 0 saturated heterocycles. The lowest BCUT2D eigenvalue weighted by Crippen LogP contribution is -2.57. The molecule has 5 aromatic rings. The fourth-order valence-corrected chi connectivity index (χ4v) is 5.13. The highest BCUT2D eigenvalue weighted by Gasteiger charge is 2.29. The van der Waals surface area contributed by atoms with Crippen LogP contribution in [-0.2, 0) is 38.4 Å². The predicted octanol–water partition coefficient (Wildman–Crippen LogP) is 1.29. The maximum atomic E-state index is 13.5. The summed E-state index contributed by atoms with van der Waals surface area (Å²) in [6, 6.07) is 10.6. The summed E-state index contributed by atoms with van der Waals surface area (Å²) in [5.74, 6) is -3.07. The van der Waals surface area contributed by atoms with E-state index in [-0.39, 0.29) is 19.3 Å². The first kappa shape index (κ1) is 30.0. The van der Waals surface area contributed by atoms with Crippen molar-refractivity contribution in [3.8, 4) is 0 Å². The topological polar surface area (TPSA) is 211 Å². The molecule has 44 heavy (non-hydrogen) atoms. The van der Waals surface area contributed by atoms with Crippen molar-refractivity contribution in [2.75, 3.05) is 0 Å². The van der Waals surface area contributed by atoms with Crippen molar-refractivity contribution in [1.82, 2.24) is 35.9 Å². The first-order valence-corrected chi connectivity index (χ1v) is 14.2. The highest BCUT2D eigenvalue weighted by molar-refractivity contribution is 5.95. The SMILES string of the molecule is CC(NC(=O)C(Cc1c[nH]c2ccccc12)NC(=O)C(N)Cc1cnc[nH]1)C(=O)NC(Cc1c[nH]c2ccccc12)C(=O)O. The molecule has 13 heteroatoms. The number of carbonyl (C=O) groups excluding carboxylic acids is 3. The van der Waals surface area contributed by atoms with Gasteiger partial charge in [0.1, 0.15) is 18.1 Å². The zero-order chi connectivity index (χ0) is 31.2. The lowest BCUT2D eigenvalue weighted by molar-refractivity contribution is -0.142. The van der Waals surface area contributed by atoms with Gasteiger partial charge >= 0.3 is 5.97 Å². The van der Waals surface area contributed by atoms with Gasteiger partial charge in [0.25, 0.3) is 0 Å². The van der Waals surface area contributed by atoms with Crippen LogP contribution < -0.4 is 21.7 Å². The molecule has 0 saturated carbocycles. The number of nitrogens with two attached hydrogens (primary N) is 1. The highest BCUT2D eigenvalue weighted by atomic mass is 16.4. The Morgan fingerprint density at radius 3 is 1.91 bits per heavy atom. The molecule has 3 aromatic heterocycles. The highest BCUT2D eigenvalue weighted by Crippen LogP contribution is 2.20. The van der Waals surface area contributed by atoms with Gasteiger partial charge in [0.2, 0.25) is 17.7 Å². The maximum absolute atomic E-state index is 13.5. The van der Waals surface area contributed by atoms with Crippen LogP contribution in [-0.4, -0.2) is 72.9 Å². The molecular formula is C31H34N8O5. The molecule has 4 unspecified atom stereocenters. The number of amides is 3. The molecule has 0 radical (unpaired) electrons. The minimum absolute atomic E-state index is 0.0409. The number of carbonyl (C=O) groups is 4. The number of imidazole rings is 1. The Kier molecular flexibility index (Phi) is 9.05. The zero-order valence-corrected chi connectivity index (χ0v) is 24.0. The molecule has 0 fully saturated rings. The predicted molar refractivity (Wildman–Crippen MR) is 163 cm³/mol. The average molecular weight is 599 g/mol. The number of aromatic amines is 3. The van der Waals surface area contributed by atoms with Crippen molar-refractivity contribution in [3.05, 3.63) is 90.3 Å². The smallest absolute Gasteiger partial charge is 0.326 e. The molecule has 0 aliphatic rings. The number of benzene rings is 2. The molecule has 3 amide bonds. The Morgan fingerprint density at radius 2 is 1.34 bits per heavy atom. The van der Waals surface area contributed by atoms with Gasteiger partial charge in [0.05, 0.1) is 12.4 Å². The van der Waals surface area contributed by atoms with Gasteiger partial charge in [-0.05, 0) is 30.2 Å². The number of carboxylic acid groups (broad SMARTS) is 1. The standard InChI is InChI=1S/C31H34N8O5/c1-17(28(40)39-27(31(43)44)11-19-14-35-25-9-5-3-7-22(19)25)37-30(42)26(10-18-13-34-24-8-4-2-6-21(18)24)38-29(41)23(32)12-20-15-33-16-36-20/h2-9,13-17,23,26-27,34-35H,10-12,32H2,1H3,(H,33,36)(H,37,42)(H,38,41)(H,39,40)(H,43,44). The number of carboxylic acids is 1. The molecule has 13 nitrogen and oxygen atoms in total. The summed E-state index contributed by atoms with van der Waals surface area (Å²) in [6.07, 6.45) is 6.86. The van der Waals surface area contributed by atoms with E-state index in [9.17, 15) is 24.3 Å². The molecule has 228 valence electrons. The number of aliphatic carboxylic acids is 1. The number of H-pyrrole nitrogens is 3. The summed E-state index contributed by atoms with van der Waals surface area (Å²) >= 11 is 0. The number of nitrogens with zero attached hydrogens (tertiary/aromatic N) is 1. The summed E-state index contributed by atoms with van der Waals surface area (Å²) in [4.78, 5) is 64.8. The number of hydrogen-bond donors (Lipinski definition) is 8. The number of rotatable bonds is 13. The number of nitrogens with one attached hydrogen (secondary N) is 6. The number of hydrogen-bond acceptors (Lipinski definition) is 6. The van der Waals surface area contributed by atoms with Crippen LogP contribution in [0, 0.1) is 0 Å². The molecule has 4 atom stereocenters. The van der Waals surface area contributed by atoms with E-state index in [1.807, 2.05) is 48.5 Å². The van der Waals surface area contributed by atoms with Crippen molar-refractivity contribution in [3.63, 3.8) is 0 Å². The van der Waals surface area contributed by atoms with Gasteiger partial charge in [-0.15, -0.1) is 0 Å². The van der Waals surface area contributed by atoms with Gasteiger partial charge in [0, 0.05) is 65.4 Å². The van der Waals surface area contributed by atoms with E-state index >= 15 is 0 Å². The molecular weight excluding hydrogens is 564 g/mol. The Hall–Kier alpha value is -5.43. The Labute approximate surface area is 252 Å². The first-order chi connectivity index (χ1) is 21.2. The van der Waals surface area contributed by atoms with Gasteiger partial charge < -0.3 is 41.7 Å². The van der Waals surface area contributed by atoms with Gasteiger partial charge in [-0.3, -0.25) is 14.4 Å². The van der Waals surface area contributed by atoms with Crippen molar-refractivity contribution in [2.45, 2.75) is 50.4 Å². The summed E-state index contributed by atoms with van der Waals surface area (Å²) in [5, 5.41) is 19.5. The molecule has 0 aliphatic carbocycles. The number of aromatic nitrogens is 4. The van der Waals surface area contributed by atoms with E-state index in [4.69, 9.17) is 5.73 Å². The summed E-state index contributed by atoms with van der Waals surface area (Å²) in [5.41, 5.74) is 10.0. The molecule has 0 spiro atoms. The van der Waals surface area contributed by atoms with Crippen LogP contribution in [0.4, 0.5) is 0 Å². The second-order valence-electron chi connectivity index (χ2n) is 10.7. The quantitative estimate of drug-likeness (QED) is 0.0994. The fraction of sp³-hybridized carbons (Fsp3) is 0.258. The summed E-state index contributed by atoms with van der Waals surface area (Å²) in [6.45, 7) is 1.45. The third kappa shape index (κ3) is 6.95. The number of fused-ring (bicyclic) bond motifs is 2. The molecule has 2 aromatic carbocycles. The monoisotopic (exact) mass is 598 g/mol. The third-order valence-electron chi connectivity index (χ3n) is 7.53. The Balaban J connectivity index is 1.27. The normalized spacial score (nSPS) is 14.0. The van der Waals surface area contributed by atoms with Crippen LogP contribution >= 0.6 is 0 Å². The molecule has 3 heterocycles. The van der Waals surface area contributed by atoms with E-state index in [2.05, 4.69) is 35.9 Å². The molecule has 0 aliphatic heterocycles. The van der Waals surface area contributed by atoms with E-state index < -0.39 is 47.9 Å².